The highest BCUT2D eigenvalue weighted by atomic mass is 79.9. The standard InChI is InChI=1S/C13H19BrN4O2/c1-10-8-12(11(14)9-13(10)18(19)20)16-4-7-17-5-2-15-3-6-17/h8-9,15-16H,2-7H2,1H3. The number of anilines is 1. The first-order chi connectivity index (χ1) is 9.58. The molecule has 1 aliphatic heterocycles. The number of rotatable bonds is 5. The second-order valence-corrected chi connectivity index (χ2v) is 5.75. The first-order valence-electron chi connectivity index (χ1n) is 6.69. The average molecular weight is 343 g/mol. The summed E-state index contributed by atoms with van der Waals surface area (Å²) in [5, 5.41) is 17.5. The van der Waals surface area contributed by atoms with Gasteiger partial charge >= 0.3 is 0 Å². The van der Waals surface area contributed by atoms with Gasteiger partial charge in [-0.2, -0.15) is 0 Å². The predicted molar refractivity (Wildman–Crippen MR) is 83.3 cm³/mol. The summed E-state index contributed by atoms with van der Waals surface area (Å²) in [7, 11) is 0. The molecule has 1 aromatic carbocycles. The second-order valence-electron chi connectivity index (χ2n) is 4.89. The Balaban J connectivity index is 1.92. The van der Waals surface area contributed by atoms with Crippen LogP contribution in [0.3, 0.4) is 0 Å². The molecular formula is C13H19BrN4O2. The molecule has 0 atom stereocenters. The van der Waals surface area contributed by atoms with E-state index in [4.69, 9.17) is 0 Å². The zero-order chi connectivity index (χ0) is 14.5. The smallest absolute Gasteiger partial charge is 0.273 e. The molecule has 1 saturated heterocycles. The number of nitro benzene ring substituents is 1. The first-order valence-corrected chi connectivity index (χ1v) is 7.48. The minimum atomic E-state index is -0.357. The van der Waals surface area contributed by atoms with Crippen LogP contribution in [0.1, 0.15) is 5.56 Å². The minimum absolute atomic E-state index is 0.143. The molecule has 1 aliphatic rings. The maximum absolute atomic E-state index is 10.9. The van der Waals surface area contributed by atoms with Crippen LogP contribution in [0.5, 0.6) is 0 Å². The Morgan fingerprint density at radius 3 is 2.80 bits per heavy atom. The van der Waals surface area contributed by atoms with E-state index in [1.54, 1.807) is 13.0 Å². The predicted octanol–water partition coefficient (Wildman–Crippen LogP) is 1.98. The van der Waals surface area contributed by atoms with Crippen LogP contribution in [0.15, 0.2) is 16.6 Å². The summed E-state index contributed by atoms with van der Waals surface area (Å²) in [6.45, 7) is 7.79. The highest BCUT2D eigenvalue weighted by Gasteiger charge is 2.14. The van der Waals surface area contributed by atoms with Crippen molar-refractivity contribution < 1.29 is 4.92 Å². The third-order valence-electron chi connectivity index (χ3n) is 3.44. The van der Waals surface area contributed by atoms with Gasteiger partial charge in [0.1, 0.15) is 0 Å². The zero-order valence-corrected chi connectivity index (χ0v) is 13.1. The summed E-state index contributed by atoms with van der Waals surface area (Å²) in [5.74, 6) is 0. The van der Waals surface area contributed by atoms with Crippen molar-refractivity contribution in [1.29, 1.82) is 0 Å². The molecule has 0 radical (unpaired) electrons. The number of aryl methyl sites for hydroxylation is 1. The molecule has 0 aromatic heterocycles. The summed E-state index contributed by atoms with van der Waals surface area (Å²) >= 11 is 3.39. The van der Waals surface area contributed by atoms with Crippen molar-refractivity contribution in [2.75, 3.05) is 44.6 Å². The van der Waals surface area contributed by atoms with Gasteiger partial charge in [0.05, 0.1) is 4.92 Å². The van der Waals surface area contributed by atoms with E-state index in [2.05, 4.69) is 31.5 Å². The van der Waals surface area contributed by atoms with Gasteiger partial charge in [0.15, 0.2) is 0 Å². The number of nitrogens with one attached hydrogen (secondary N) is 2. The second kappa shape index (κ2) is 7.01. The maximum atomic E-state index is 10.9. The maximum Gasteiger partial charge on any atom is 0.273 e. The minimum Gasteiger partial charge on any atom is -0.383 e. The Morgan fingerprint density at radius 1 is 1.45 bits per heavy atom. The van der Waals surface area contributed by atoms with Crippen molar-refractivity contribution in [2.45, 2.75) is 6.92 Å². The summed E-state index contributed by atoms with van der Waals surface area (Å²) < 4.78 is 0.732. The van der Waals surface area contributed by atoms with E-state index in [9.17, 15) is 10.1 Å². The SMILES string of the molecule is Cc1cc(NCCN2CCNCC2)c(Br)cc1[N+](=O)[O-]. The van der Waals surface area contributed by atoms with E-state index < -0.39 is 0 Å². The van der Waals surface area contributed by atoms with Crippen LogP contribution in [0, 0.1) is 17.0 Å². The fourth-order valence-corrected chi connectivity index (χ4v) is 2.76. The number of halogens is 1. The molecule has 1 aromatic rings. The molecule has 1 heterocycles. The van der Waals surface area contributed by atoms with Gasteiger partial charge in [0.25, 0.3) is 5.69 Å². The molecule has 0 amide bonds. The van der Waals surface area contributed by atoms with Gasteiger partial charge in [-0.1, -0.05) is 0 Å². The molecule has 0 saturated carbocycles. The van der Waals surface area contributed by atoms with Gasteiger partial charge in [-0.3, -0.25) is 15.0 Å². The van der Waals surface area contributed by atoms with Crippen molar-refractivity contribution in [3.63, 3.8) is 0 Å². The Kier molecular flexibility index (Phi) is 5.33. The lowest BCUT2D eigenvalue weighted by Gasteiger charge is -2.27. The van der Waals surface area contributed by atoms with E-state index in [0.717, 1.165) is 49.4 Å². The third kappa shape index (κ3) is 3.91. The summed E-state index contributed by atoms with van der Waals surface area (Å²) in [5.41, 5.74) is 1.72. The summed E-state index contributed by atoms with van der Waals surface area (Å²) in [6.07, 6.45) is 0. The molecule has 6 nitrogen and oxygen atoms in total. The van der Waals surface area contributed by atoms with E-state index in [0.29, 0.717) is 5.56 Å². The molecule has 2 rings (SSSR count). The number of piperazine rings is 1. The van der Waals surface area contributed by atoms with Crippen LogP contribution < -0.4 is 10.6 Å². The highest BCUT2D eigenvalue weighted by Crippen LogP contribution is 2.30. The lowest BCUT2D eigenvalue weighted by Crippen LogP contribution is -2.45. The Morgan fingerprint density at radius 2 is 2.15 bits per heavy atom. The Bertz CT molecular complexity index is 490. The monoisotopic (exact) mass is 342 g/mol. The van der Waals surface area contributed by atoms with Gasteiger partial charge in [-0.15, -0.1) is 0 Å². The van der Waals surface area contributed by atoms with Crippen LogP contribution in [-0.2, 0) is 0 Å². The normalized spacial score (nSPS) is 16.1. The fourth-order valence-electron chi connectivity index (χ4n) is 2.29. The van der Waals surface area contributed by atoms with Crippen molar-refractivity contribution in [3.8, 4) is 0 Å². The fraction of sp³-hybridized carbons (Fsp3) is 0.538. The third-order valence-corrected chi connectivity index (χ3v) is 4.09. The topological polar surface area (TPSA) is 70.4 Å². The van der Waals surface area contributed by atoms with Crippen LogP contribution in [0.25, 0.3) is 0 Å². The number of hydrogen-bond acceptors (Lipinski definition) is 5. The lowest BCUT2D eigenvalue weighted by atomic mass is 10.2. The van der Waals surface area contributed by atoms with Gasteiger partial charge < -0.3 is 10.6 Å². The molecule has 0 spiro atoms. The van der Waals surface area contributed by atoms with Gasteiger partial charge in [0, 0.05) is 61.1 Å². The van der Waals surface area contributed by atoms with E-state index >= 15 is 0 Å². The van der Waals surface area contributed by atoms with Crippen molar-refractivity contribution in [1.82, 2.24) is 10.2 Å². The molecule has 0 bridgehead atoms. The van der Waals surface area contributed by atoms with Gasteiger partial charge in [-0.05, 0) is 28.9 Å². The molecule has 1 fully saturated rings. The quantitative estimate of drug-likeness (QED) is 0.632. The zero-order valence-electron chi connectivity index (χ0n) is 11.5. The molecular weight excluding hydrogens is 324 g/mol. The lowest BCUT2D eigenvalue weighted by molar-refractivity contribution is -0.385. The molecule has 0 unspecified atom stereocenters. The summed E-state index contributed by atoms with van der Waals surface area (Å²) in [4.78, 5) is 12.9. The number of benzene rings is 1. The van der Waals surface area contributed by atoms with Gasteiger partial charge in [-0.25, -0.2) is 0 Å². The molecule has 110 valence electrons. The molecule has 2 N–H and O–H groups in total. The van der Waals surface area contributed by atoms with Crippen LogP contribution in [0.4, 0.5) is 11.4 Å². The number of hydrogen-bond donors (Lipinski definition) is 2. The Labute approximate surface area is 126 Å². The Hall–Kier alpha value is -1.18. The van der Waals surface area contributed by atoms with Crippen molar-refractivity contribution in [2.24, 2.45) is 0 Å². The highest BCUT2D eigenvalue weighted by molar-refractivity contribution is 9.10. The number of nitrogens with zero attached hydrogens (tertiary/aromatic N) is 2. The molecule has 7 heteroatoms. The van der Waals surface area contributed by atoms with Crippen molar-refractivity contribution >= 4 is 27.3 Å². The number of nitro groups is 1. The summed E-state index contributed by atoms with van der Waals surface area (Å²) in [6, 6.07) is 3.38. The first kappa shape index (κ1) is 15.2. The molecule has 20 heavy (non-hydrogen) atoms. The van der Waals surface area contributed by atoms with E-state index in [1.807, 2.05) is 6.07 Å². The van der Waals surface area contributed by atoms with Crippen molar-refractivity contribution in [3.05, 3.63) is 32.3 Å². The van der Waals surface area contributed by atoms with Crippen LogP contribution in [0.2, 0.25) is 0 Å². The van der Waals surface area contributed by atoms with E-state index in [-0.39, 0.29) is 10.6 Å². The van der Waals surface area contributed by atoms with Gasteiger partial charge in [0.2, 0.25) is 0 Å². The molecule has 0 aliphatic carbocycles. The van der Waals surface area contributed by atoms with Crippen LogP contribution in [-0.4, -0.2) is 49.1 Å². The largest absolute Gasteiger partial charge is 0.383 e. The van der Waals surface area contributed by atoms with Crippen LogP contribution >= 0.6 is 15.9 Å². The van der Waals surface area contributed by atoms with E-state index in [1.165, 1.54) is 0 Å². The average Bonchev–Trinajstić information content (AvgIpc) is 2.43.